The summed E-state index contributed by atoms with van der Waals surface area (Å²) in [5.74, 6) is 2.56. The van der Waals surface area contributed by atoms with Crippen molar-refractivity contribution in [2.75, 3.05) is 30.4 Å². The monoisotopic (exact) mass is 361 g/mol. The summed E-state index contributed by atoms with van der Waals surface area (Å²) in [5.41, 5.74) is 2.30. The SMILES string of the molecule is CCCCNc1cc(N(C)CCc2ccncc2)nc(-c2ccccc2)n1. The summed E-state index contributed by atoms with van der Waals surface area (Å²) >= 11 is 0. The molecule has 0 amide bonds. The van der Waals surface area contributed by atoms with Crippen LogP contribution in [0.1, 0.15) is 25.3 Å². The zero-order valence-electron chi connectivity index (χ0n) is 16.1. The van der Waals surface area contributed by atoms with Crippen LogP contribution in [-0.2, 0) is 6.42 Å². The van der Waals surface area contributed by atoms with Crippen molar-refractivity contribution in [3.8, 4) is 11.4 Å². The highest BCUT2D eigenvalue weighted by Crippen LogP contribution is 2.22. The van der Waals surface area contributed by atoms with Crippen LogP contribution in [0.3, 0.4) is 0 Å². The second-order valence-electron chi connectivity index (χ2n) is 6.61. The number of unbranched alkanes of at least 4 members (excludes halogenated alkanes) is 1. The maximum absolute atomic E-state index is 4.81. The maximum atomic E-state index is 4.81. The summed E-state index contributed by atoms with van der Waals surface area (Å²) in [4.78, 5) is 15.8. The molecule has 0 atom stereocenters. The van der Waals surface area contributed by atoms with E-state index in [1.165, 1.54) is 5.56 Å². The zero-order valence-corrected chi connectivity index (χ0v) is 16.1. The number of benzene rings is 1. The second-order valence-corrected chi connectivity index (χ2v) is 6.61. The van der Waals surface area contributed by atoms with Gasteiger partial charge < -0.3 is 10.2 Å². The van der Waals surface area contributed by atoms with Crippen molar-refractivity contribution in [1.29, 1.82) is 0 Å². The van der Waals surface area contributed by atoms with Gasteiger partial charge in [-0.2, -0.15) is 0 Å². The van der Waals surface area contributed by atoms with E-state index >= 15 is 0 Å². The van der Waals surface area contributed by atoms with Crippen LogP contribution < -0.4 is 10.2 Å². The Hall–Kier alpha value is -2.95. The number of aromatic nitrogens is 3. The Balaban J connectivity index is 1.80. The van der Waals surface area contributed by atoms with Gasteiger partial charge in [-0.3, -0.25) is 4.98 Å². The molecule has 0 radical (unpaired) electrons. The lowest BCUT2D eigenvalue weighted by Gasteiger charge is -2.20. The predicted molar refractivity (Wildman–Crippen MR) is 112 cm³/mol. The van der Waals surface area contributed by atoms with Crippen LogP contribution in [0.4, 0.5) is 11.6 Å². The van der Waals surface area contributed by atoms with E-state index in [-0.39, 0.29) is 0 Å². The minimum Gasteiger partial charge on any atom is -0.370 e. The topological polar surface area (TPSA) is 53.9 Å². The fourth-order valence-electron chi connectivity index (χ4n) is 2.79. The Labute approximate surface area is 161 Å². The molecule has 0 spiro atoms. The molecule has 0 unspecified atom stereocenters. The van der Waals surface area contributed by atoms with Gasteiger partial charge >= 0.3 is 0 Å². The number of anilines is 2. The zero-order chi connectivity index (χ0) is 18.9. The van der Waals surface area contributed by atoms with E-state index < -0.39 is 0 Å². The number of rotatable bonds is 9. The van der Waals surface area contributed by atoms with E-state index in [0.717, 1.165) is 55.4 Å². The smallest absolute Gasteiger partial charge is 0.163 e. The lowest BCUT2D eigenvalue weighted by atomic mass is 10.2. The van der Waals surface area contributed by atoms with Crippen LogP contribution in [-0.4, -0.2) is 35.1 Å². The van der Waals surface area contributed by atoms with Crippen LogP contribution in [0.15, 0.2) is 60.9 Å². The molecule has 0 fully saturated rings. The molecule has 140 valence electrons. The van der Waals surface area contributed by atoms with Crippen molar-refractivity contribution in [3.63, 3.8) is 0 Å². The average molecular weight is 361 g/mol. The van der Waals surface area contributed by atoms with Crippen LogP contribution in [0.2, 0.25) is 0 Å². The average Bonchev–Trinajstić information content (AvgIpc) is 2.73. The van der Waals surface area contributed by atoms with E-state index in [0.29, 0.717) is 0 Å². The van der Waals surface area contributed by atoms with Gasteiger partial charge in [0.05, 0.1) is 0 Å². The fraction of sp³-hybridized carbons (Fsp3) is 0.318. The first-order chi connectivity index (χ1) is 13.3. The molecule has 0 aliphatic rings. The van der Waals surface area contributed by atoms with Crippen molar-refractivity contribution in [2.45, 2.75) is 26.2 Å². The van der Waals surface area contributed by atoms with E-state index in [4.69, 9.17) is 9.97 Å². The van der Waals surface area contributed by atoms with E-state index in [9.17, 15) is 0 Å². The van der Waals surface area contributed by atoms with E-state index in [1.54, 1.807) is 0 Å². The highest BCUT2D eigenvalue weighted by molar-refractivity contribution is 5.61. The van der Waals surface area contributed by atoms with Crippen molar-refractivity contribution >= 4 is 11.6 Å². The first-order valence-corrected chi connectivity index (χ1v) is 9.54. The Morgan fingerprint density at radius 2 is 1.78 bits per heavy atom. The van der Waals surface area contributed by atoms with Crippen molar-refractivity contribution in [2.24, 2.45) is 0 Å². The van der Waals surface area contributed by atoms with E-state index in [2.05, 4.69) is 41.3 Å². The summed E-state index contributed by atoms with van der Waals surface area (Å²) in [5, 5.41) is 3.44. The molecule has 3 rings (SSSR count). The van der Waals surface area contributed by atoms with Gasteiger partial charge in [0.25, 0.3) is 0 Å². The Morgan fingerprint density at radius 3 is 2.52 bits per heavy atom. The first-order valence-electron chi connectivity index (χ1n) is 9.54. The number of nitrogens with one attached hydrogen (secondary N) is 1. The fourth-order valence-corrected chi connectivity index (χ4v) is 2.79. The molecule has 1 aromatic carbocycles. The van der Waals surface area contributed by atoms with Crippen molar-refractivity contribution in [3.05, 3.63) is 66.5 Å². The molecule has 0 aliphatic carbocycles. The van der Waals surface area contributed by atoms with Crippen molar-refractivity contribution < 1.29 is 0 Å². The van der Waals surface area contributed by atoms with Gasteiger partial charge in [0, 0.05) is 44.2 Å². The molecule has 2 heterocycles. The summed E-state index contributed by atoms with van der Waals surface area (Å²) < 4.78 is 0. The molecule has 3 aromatic rings. The molecule has 5 heteroatoms. The summed E-state index contributed by atoms with van der Waals surface area (Å²) in [6.07, 6.45) is 6.90. The number of likely N-dealkylation sites (N-methyl/N-ethyl adjacent to an activating group) is 1. The number of hydrogen-bond acceptors (Lipinski definition) is 5. The third-order valence-electron chi connectivity index (χ3n) is 4.46. The molecule has 2 aromatic heterocycles. The quantitative estimate of drug-likeness (QED) is 0.572. The highest BCUT2D eigenvalue weighted by Gasteiger charge is 2.10. The van der Waals surface area contributed by atoms with Gasteiger partial charge in [0.1, 0.15) is 11.6 Å². The van der Waals surface area contributed by atoms with Gasteiger partial charge in [-0.25, -0.2) is 9.97 Å². The molecule has 0 saturated heterocycles. The summed E-state index contributed by atoms with van der Waals surface area (Å²) in [6.45, 7) is 3.99. The molecular weight excluding hydrogens is 334 g/mol. The van der Waals surface area contributed by atoms with E-state index in [1.807, 2.05) is 48.8 Å². The molecule has 0 bridgehead atoms. The second kappa shape index (κ2) is 9.67. The highest BCUT2D eigenvalue weighted by atomic mass is 15.2. The normalized spacial score (nSPS) is 10.6. The van der Waals surface area contributed by atoms with Gasteiger partial charge in [-0.1, -0.05) is 43.7 Å². The molecule has 5 nitrogen and oxygen atoms in total. The molecule has 0 saturated carbocycles. The van der Waals surface area contributed by atoms with Crippen LogP contribution in [0.5, 0.6) is 0 Å². The summed E-state index contributed by atoms with van der Waals surface area (Å²) in [6, 6.07) is 16.3. The molecule has 27 heavy (non-hydrogen) atoms. The Bertz CT molecular complexity index is 821. The van der Waals surface area contributed by atoms with Gasteiger partial charge in [0.15, 0.2) is 5.82 Å². The van der Waals surface area contributed by atoms with Gasteiger partial charge in [-0.15, -0.1) is 0 Å². The maximum Gasteiger partial charge on any atom is 0.163 e. The Kier molecular flexibility index (Phi) is 6.74. The molecule has 1 N–H and O–H groups in total. The molecular formula is C22H27N5. The lowest BCUT2D eigenvalue weighted by Crippen LogP contribution is -2.22. The summed E-state index contributed by atoms with van der Waals surface area (Å²) in [7, 11) is 2.08. The largest absolute Gasteiger partial charge is 0.370 e. The predicted octanol–water partition coefficient (Wildman–Crippen LogP) is 4.43. The number of hydrogen-bond donors (Lipinski definition) is 1. The van der Waals surface area contributed by atoms with Crippen LogP contribution >= 0.6 is 0 Å². The standard InChI is InChI=1S/C22H27N5/c1-3-4-13-24-20-17-21(26-22(25-20)19-8-6-5-7-9-19)27(2)16-12-18-10-14-23-15-11-18/h5-11,14-15,17H,3-4,12-13,16H2,1-2H3,(H,24,25,26). The lowest BCUT2D eigenvalue weighted by molar-refractivity contribution is 0.827. The van der Waals surface area contributed by atoms with Gasteiger partial charge in [0.2, 0.25) is 0 Å². The minimum absolute atomic E-state index is 0.753. The van der Waals surface area contributed by atoms with Crippen molar-refractivity contribution in [1.82, 2.24) is 15.0 Å². The third-order valence-corrected chi connectivity index (χ3v) is 4.46. The molecule has 0 aliphatic heterocycles. The number of nitrogens with zero attached hydrogens (tertiary/aromatic N) is 4. The van der Waals surface area contributed by atoms with Crippen LogP contribution in [0, 0.1) is 0 Å². The van der Waals surface area contributed by atoms with Gasteiger partial charge in [-0.05, 0) is 30.5 Å². The first kappa shape index (κ1) is 18.8. The Morgan fingerprint density at radius 1 is 1.00 bits per heavy atom. The van der Waals surface area contributed by atoms with Crippen LogP contribution in [0.25, 0.3) is 11.4 Å². The minimum atomic E-state index is 0.753. The number of pyridine rings is 1. The third kappa shape index (κ3) is 5.51.